The number of nitrogens with two attached hydrogens (primary N) is 1. The summed E-state index contributed by atoms with van der Waals surface area (Å²) in [5.41, 5.74) is 6.60. The summed E-state index contributed by atoms with van der Waals surface area (Å²) >= 11 is 1.49. The molecule has 2 heterocycles. The summed E-state index contributed by atoms with van der Waals surface area (Å²) in [5.74, 6) is 0.512. The quantitative estimate of drug-likeness (QED) is 0.712. The molecule has 0 fully saturated rings. The summed E-state index contributed by atoms with van der Waals surface area (Å²) < 4.78 is 0. The first kappa shape index (κ1) is 11.0. The lowest BCUT2D eigenvalue weighted by atomic mass is 10.2. The molecule has 88 valence electrons. The molecule has 0 unspecified atom stereocenters. The first-order valence-corrected chi connectivity index (χ1v) is 6.25. The third-order valence-corrected chi connectivity index (χ3v) is 3.41. The number of pyridine rings is 1. The Kier molecular flexibility index (Phi) is 2.82. The molecule has 18 heavy (non-hydrogen) atoms. The molecule has 2 N–H and O–H groups in total. The highest BCUT2D eigenvalue weighted by atomic mass is 32.2. The molecule has 0 saturated heterocycles. The Morgan fingerprint density at radius 3 is 2.72 bits per heavy atom. The second kappa shape index (κ2) is 4.62. The van der Waals surface area contributed by atoms with Crippen LogP contribution >= 0.6 is 11.8 Å². The molecule has 3 rings (SSSR count). The molecule has 0 radical (unpaired) electrons. The third-order valence-electron chi connectivity index (χ3n) is 2.45. The van der Waals surface area contributed by atoms with Crippen LogP contribution in [0.3, 0.4) is 0 Å². The first-order valence-electron chi connectivity index (χ1n) is 5.43. The smallest absolute Gasteiger partial charge is 0.124 e. The molecule has 0 aliphatic heterocycles. The Hall–Kier alpha value is -2.14. The second-order valence-corrected chi connectivity index (χ2v) is 4.71. The summed E-state index contributed by atoms with van der Waals surface area (Å²) in [4.78, 5) is 12.8. The van der Waals surface area contributed by atoms with Gasteiger partial charge < -0.3 is 5.73 Å². The van der Waals surface area contributed by atoms with Crippen LogP contribution in [0.15, 0.2) is 58.8 Å². The van der Waals surface area contributed by atoms with Crippen LogP contribution in [0, 0.1) is 0 Å². The molecule has 3 aromatic rings. The highest BCUT2D eigenvalue weighted by Gasteiger charge is 2.06. The van der Waals surface area contributed by atoms with Crippen molar-refractivity contribution >= 4 is 28.5 Å². The fraction of sp³-hybridized carbons (Fsp3) is 0. The predicted octanol–water partition coefficient (Wildman–Crippen LogP) is 2.76. The Labute approximate surface area is 108 Å². The SMILES string of the molecule is Nc1cccc(Sc2ncnc3ccccc23)n1. The van der Waals surface area contributed by atoms with Gasteiger partial charge in [-0.25, -0.2) is 15.0 Å². The molecular formula is C13H10N4S. The average molecular weight is 254 g/mol. The Morgan fingerprint density at radius 2 is 1.83 bits per heavy atom. The number of nitrogen functional groups attached to an aromatic ring is 1. The zero-order valence-corrected chi connectivity index (χ0v) is 10.3. The molecule has 0 saturated carbocycles. The van der Waals surface area contributed by atoms with Gasteiger partial charge in [0.05, 0.1) is 5.52 Å². The van der Waals surface area contributed by atoms with Crippen molar-refractivity contribution in [1.29, 1.82) is 0 Å². The Morgan fingerprint density at radius 1 is 0.944 bits per heavy atom. The summed E-state index contributed by atoms with van der Waals surface area (Å²) in [6.07, 6.45) is 1.57. The van der Waals surface area contributed by atoms with Gasteiger partial charge in [0.2, 0.25) is 0 Å². The summed E-state index contributed by atoms with van der Waals surface area (Å²) in [7, 11) is 0. The molecule has 0 aliphatic carbocycles. The maximum Gasteiger partial charge on any atom is 0.124 e. The van der Waals surface area contributed by atoms with Crippen molar-refractivity contribution in [1.82, 2.24) is 15.0 Å². The summed E-state index contributed by atoms with van der Waals surface area (Å²) in [6, 6.07) is 13.5. The standard InChI is InChI=1S/C13H10N4S/c14-11-6-3-7-12(17-11)18-13-9-4-1-2-5-10(9)15-8-16-13/h1-8H,(H2,14,17). The van der Waals surface area contributed by atoms with Crippen molar-refractivity contribution < 1.29 is 0 Å². The van der Waals surface area contributed by atoms with Crippen LogP contribution in [0.25, 0.3) is 10.9 Å². The van der Waals surface area contributed by atoms with Crippen molar-refractivity contribution in [2.45, 2.75) is 10.1 Å². The van der Waals surface area contributed by atoms with Crippen LogP contribution in [0.4, 0.5) is 5.82 Å². The second-order valence-electron chi connectivity index (χ2n) is 3.70. The van der Waals surface area contributed by atoms with E-state index >= 15 is 0 Å². The van der Waals surface area contributed by atoms with Crippen molar-refractivity contribution in [3.63, 3.8) is 0 Å². The summed E-state index contributed by atoms with van der Waals surface area (Å²) in [5, 5.41) is 2.74. The number of benzene rings is 1. The lowest BCUT2D eigenvalue weighted by Crippen LogP contribution is -1.91. The van der Waals surface area contributed by atoms with Gasteiger partial charge in [-0.3, -0.25) is 0 Å². The minimum atomic E-state index is 0.512. The number of nitrogens with zero attached hydrogens (tertiary/aromatic N) is 3. The first-order chi connectivity index (χ1) is 8.83. The van der Waals surface area contributed by atoms with E-state index in [1.165, 1.54) is 11.8 Å². The van der Waals surface area contributed by atoms with Gasteiger partial charge in [0.15, 0.2) is 0 Å². The maximum absolute atomic E-state index is 5.67. The number of rotatable bonds is 2. The van der Waals surface area contributed by atoms with E-state index in [2.05, 4.69) is 15.0 Å². The number of aromatic nitrogens is 3. The predicted molar refractivity (Wildman–Crippen MR) is 72.3 cm³/mol. The lowest BCUT2D eigenvalue weighted by Gasteiger charge is -2.04. The molecular weight excluding hydrogens is 244 g/mol. The average Bonchev–Trinajstić information content (AvgIpc) is 2.39. The molecule has 5 heteroatoms. The molecule has 1 aromatic carbocycles. The van der Waals surface area contributed by atoms with Gasteiger partial charge in [-0.05, 0) is 30.0 Å². The van der Waals surface area contributed by atoms with E-state index < -0.39 is 0 Å². The van der Waals surface area contributed by atoms with Crippen LogP contribution in [-0.4, -0.2) is 15.0 Å². The highest BCUT2D eigenvalue weighted by molar-refractivity contribution is 7.99. The fourth-order valence-corrected chi connectivity index (χ4v) is 2.53. The highest BCUT2D eigenvalue weighted by Crippen LogP contribution is 2.29. The molecule has 0 amide bonds. The number of hydrogen-bond acceptors (Lipinski definition) is 5. The monoisotopic (exact) mass is 254 g/mol. The van der Waals surface area contributed by atoms with Gasteiger partial charge in [-0.1, -0.05) is 24.3 Å². The zero-order valence-electron chi connectivity index (χ0n) is 9.45. The minimum Gasteiger partial charge on any atom is -0.384 e. The van der Waals surface area contributed by atoms with E-state index in [0.717, 1.165) is 21.0 Å². The van der Waals surface area contributed by atoms with Crippen LogP contribution in [0.2, 0.25) is 0 Å². The Balaban J connectivity index is 2.05. The van der Waals surface area contributed by atoms with Gasteiger partial charge in [-0.15, -0.1) is 0 Å². The maximum atomic E-state index is 5.67. The molecule has 2 aromatic heterocycles. The Bertz CT molecular complexity index is 694. The van der Waals surface area contributed by atoms with E-state index in [1.54, 1.807) is 12.4 Å². The van der Waals surface area contributed by atoms with E-state index in [1.807, 2.05) is 36.4 Å². The number of para-hydroxylation sites is 1. The van der Waals surface area contributed by atoms with Gasteiger partial charge in [0.25, 0.3) is 0 Å². The van der Waals surface area contributed by atoms with Crippen molar-refractivity contribution in [2.24, 2.45) is 0 Å². The molecule has 4 nitrogen and oxygen atoms in total. The zero-order chi connectivity index (χ0) is 12.4. The number of hydrogen-bond donors (Lipinski definition) is 1. The molecule has 0 atom stereocenters. The largest absolute Gasteiger partial charge is 0.384 e. The number of fused-ring (bicyclic) bond motifs is 1. The van der Waals surface area contributed by atoms with E-state index in [0.29, 0.717) is 5.82 Å². The topological polar surface area (TPSA) is 64.7 Å². The molecule has 0 spiro atoms. The normalized spacial score (nSPS) is 10.7. The van der Waals surface area contributed by atoms with E-state index in [-0.39, 0.29) is 0 Å². The molecule has 0 aliphatic rings. The van der Waals surface area contributed by atoms with Gasteiger partial charge in [-0.2, -0.15) is 0 Å². The van der Waals surface area contributed by atoms with Crippen LogP contribution in [0.5, 0.6) is 0 Å². The van der Waals surface area contributed by atoms with Crippen molar-refractivity contribution in [3.8, 4) is 0 Å². The van der Waals surface area contributed by atoms with E-state index in [4.69, 9.17) is 5.73 Å². The van der Waals surface area contributed by atoms with Crippen LogP contribution < -0.4 is 5.73 Å². The van der Waals surface area contributed by atoms with Crippen LogP contribution in [0.1, 0.15) is 0 Å². The third kappa shape index (κ3) is 2.12. The van der Waals surface area contributed by atoms with E-state index in [9.17, 15) is 0 Å². The fourth-order valence-electron chi connectivity index (χ4n) is 1.65. The minimum absolute atomic E-state index is 0.512. The lowest BCUT2D eigenvalue weighted by molar-refractivity contribution is 1.08. The van der Waals surface area contributed by atoms with Crippen molar-refractivity contribution in [3.05, 3.63) is 48.8 Å². The number of anilines is 1. The van der Waals surface area contributed by atoms with Crippen molar-refractivity contribution in [2.75, 3.05) is 5.73 Å². The van der Waals surface area contributed by atoms with Gasteiger partial charge in [0.1, 0.15) is 22.2 Å². The van der Waals surface area contributed by atoms with Crippen LogP contribution in [-0.2, 0) is 0 Å². The molecule has 0 bridgehead atoms. The van der Waals surface area contributed by atoms with Gasteiger partial charge >= 0.3 is 0 Å². The summed E-state index contributed by atoms with van der Waals surface area (Å²) in [6.45, 7) is 0. The van der Waals surface area contributed by atoms with Gasteiger partial charge in [0, 0.05) is 5.39 Å².